The summed E-state index contributed by atoms with van der Waals surface area (Å²) in [6, 6.07) is 6.97. The fourth-order valence-corrected chi connectivity index (χ4v) is 2.26. The van der Waals surface area contributed by atoms with Crippen molar-refractivity contribution < 1.29 is 9.59 Å². The van der Waals surface area contributed by atoms with Crippen LogP contribution in [0.15, 0.2) is 43.0 Å². The number of carbonyl (C=O) groups is 2. The van der Waals surface area contributed by atoms with Crippen LogP contribution < -0.4 is 16.0 Å². The van der Waals surface area contributed by atoms with Crippen molar-refractivity contribution in [2.75, 3.05) is 11.9 Å². The minimum atomic E-state index is -0.254. The molecule has 0 saturated heterocycles. The molecule has 1 fully saturated rings. The van der Waals surface area contributed by atoms with Crippen LogP contribution in [0.25, 0.3) is 0 Å². The highest BCUT2D eigenvalue weighted by molar-refractivity contribution is 5.95. The van der Waals surface area contributed by atoms with E-state index >= 15 is 0 Å². The topological polar surface area (TPSA) is 88.1 Å². The summed E-state index contributed by atoms with van der Waals surface area (Å²) in [5.74, 6) is -0.0620. The Balaban J connectivity index is 1.38. The zero-order valence-corrected chi connectivity index (χ0v) is 13.4. The lowest BCUT2D eigenvalue weighted by Crippen LogP contribution is -2.30. The summed E-state index contributed by atoms with van der Waals surface area (Å²) in [5.41, 5.74) is 1.26. The molecule has 126 valence electrons. The van der Waals surface area contributed by atoms with Gasteiger partial charge in [-0.25, -0.2) is 9.78 Å². The fourth-order valence-electron chi connectivity index (χ4n) is 2.26. The third-order valence-corrected chi connectivity index (χ3v) is 3.76. The number of imidazole rings is 1. The molecule has 1 aliphatic carbocycles. The van der Waals surface area contributed by atoms with Crippen molar-refractivity contribution in [2.45, 2.75) is 31.8 Å². The fraction of sp³-hybridized carbons (Fsp3) is 0.353. The van der Waals surface area contributed by atoms with Gasteiger partial charge < -0.3 is 20.5 Å². The number of amides is 3. The second-order valence-corrected chi connectivity index (χ2v) is 5.86. The lowest BCUT2D eigenvalue weighted by molar-refractivity contribution is 0.0951. The van der Waals surface area contributed by atoms with Gasteiger partial charge in [0, 0.05) is 42.8 Å². The molecule has 1 saturated carbocycles. The van der Waals surface area contributed by atoms with Gasteiger partial charge in [-0.15, -0.1) is 0 Å². The number of nitrogens with zero attached hydrogens (tertiary/aromatic N) is 2. The highest BCUT2D eigenvalue weighted by atomic mass is 16.2. The van der Waals surface area contributed by atoms with Crippen LogP contribution in [0, 0.1) is 0 Å². The van der Waals surface area contributed by atoms with Crippen LogP contribution in [0.4, 0.5) is 10.5 Å². The monoisotopic (exact) mass is 327 g/mol. The second kappa shape index (κ2) is 7.63. The number of anilines is 1. The van der Waals surface area contributed by atoms with Gasteiger partial charge in [-0.3, -0.25) is 4.79 Å². The van der Waals surface area contributed by atoms with E-state index in [1.165, 1.54) is 0 Å². The molecule has 3 amide bonds. The van der Waals surface area contributed by atoms with Crippen LogP contribution in [-0.2, 0) is 6.54 Å². The van der Waals surface area contributed by atoms with Crippen molar-refractivity contribution in [3.63, 3.8) is 0 Å². The van der Waals surface area contributed by atoms with E-state index in [0.717, 1.165) is 25.8 Å². The third-order valence-electron chi connectivity index (χ3n) is 3.76. The molecule has 1 aromatic carbocycles. The smallest absolute Gasteiger partial charge is 0.319 e. The zero-order valence-electron chi connectivity index (χ0n) is 13.4. The lowest BCUT2D eigenvalue weighted by atomic mass is 10.2. The van der Waals surface area contributed by atoms with Crippen molar-refractivity contribution in [3.05, 3.63) is 48.5 Å². The van der Waals surface area contributed by atoms with Crippen LogP contribution >= 0.6 is 0 Å². The third kappa shape index (κ3) is 4.84. The molecule has 0 atom stereocenters. The summed E-state index contributed by atoms with van der Waals surface area (Å²) in [6.07, 6.45) is 8.32. The maximum atomic E-state index is 11.9. The Morgan fingerprint density at radius 2 is 2.00 bits per heavy atom. The molecule has 0 unspecified atom stereocenters. The summed E-state index contributed by atoms with van der Waals surface area (Å²) < 4.78 is 1.96. The molecule has 7 nitrogen and oxygen atoms in total. The Hall–Kier alpha value is -2.83. The van der Waals surface area contributed by atoms with Gasteiger partial charge in [0.05, 0.1) is 6.33 Å². The van der Waals surface area contributed by atoms with Crippen molar-refractivity contribution >= 4 is 17.6 Å². The molecule has 1 aromatic heterocycles. The van der Waals surface area contributed by atoms with Crippen molar-refractivity contribution in [3.8, 4) is 0 Å². The normalized spacial score (nSPS) is 13.3. The summed E-state index contributed by atoms with van der Waals surface area (Å²) in [6.45, 7) is 1.39. The van der Waals surface area contributed by atoms with Crippen LogP contribution in [-0.4, -0.2) is 34.1 Å². The van der Waals surface area contributed by atoms with Crippen molar-refractivity contribution in [1.82, 2.24) is 20.2 Å². The Morgan fingerprint density at radius 1 is 1.21 bits per heavy atom. The molecule has 7 heteroatoms. The Morgan fingerprint density at radius 3 is 2.67 bits per heavy atom. The van der Waals surface area contributed by atoms with E-state index in [2.05, 4.69) is 20.9 Å². The number of nitrogens with one attached hydrogen (secondary N) is 3. The molecule has 0 aliphatic heterocycles. The van der Waals surface area contributed by atoms with E-state index in [4.69, 9.17) is 0 Å². The number of aryl methyl sites for hydroxylation is 1. The van der Waals surface area contributed by atoms with Gasteiger partial charge in [-0.1, -0.05) is 0 Å². The maximum absolute atomic E-state index is 11.9. The quantitative estimate of drug-likeness (QED) is 0.680. The molecule has 2 aromatic rings. The number of hydrogen-bond acceptors (Lipinski definition) is 3. The van der Waals surface area contributed by atoms with E-state index in [1.54, 1.807) is 36.8 Å². The minimum absolute atomic E-state index is 0.0620. The molecule has 1 aliphatic rings. The first kappa shape index (κ1) is 16.0. The Bertz CT molecular complexity index is 678. The van der Waals surface area contributed by atoms with E-state index in [-0.39, 0.29) is 11.9 Å². The number of urea groups is 1. The number of rotatable bonds is 7. The van der Waals surface area contributed by atoms with Crippen LogP contribution in [0.2, 0.25) is 0 Å². The molecule has 3 rings (SSSR count). The maximum Gasteiger partial charge on any atom is 0.319 e. The highest BCUT2D eigenvalue weighted by Gasteiger charge is 2.23. The second-order valence-electron chi connectivity index (χ2n) is 5.86. The standard InChI is InChI=1S/C17H21N5O2/c23-16(20-14-6-7-14)13-2-4-15(5-3-13)21-17(24)19-8-1-10-22-11-9-18-12-22/h2-5,9,11-12,14H,1,6-8,10H2,(H,20,23)(H2,19,21,24). The predicted octanol–water partition coefficient (Wildman–Crippen LogP) is 1.99. The molecule has 1 heterocycles. The summed E-state index contributed by atoms with van der Waals surface area (Å²) in [7, 11) is 0. The summed E-state index contributed by atoms with van der Waals surface area (Å²) in [4.78, 5) is 27.7. The first-order valence-corrected chi connectivity index (χ1v) is 8.12. The van der Waals surface area contributed by atoms with Crippen LogP contribution in [0.5, 0.6) is 0 Å². The molecule has 3 N–H and O–H groups in total. The van der Waals surface area contributed by atoms with Gasteiger partial charge in [-0.2, -0.15) is 0 Å². The first-order chi connectivity index (χ1) is 11.7. The number of benzene rings is 1. The molecular weight excluding hydrogens is 306 g/mol. The van der Waals surface area contributed by atoms with E-state index in [9.17, 15) is 9.59 Å². The number of carbonyl (C=O) groups excluding carboxylic acids is 2. The molecule has 0 radical (unpaired) electrons. The van der Waals surface area contributed by atoms with Crippen LogP contribution in [0.1, 0.15) is 29.6 Å². The SMILES string of the molecule is O=C(NCCCn1ccnc1)Nc1ccc(C(=O)NC2CC2)cc1. The molecule has 0 bridgehead atoms. The predicted molar refractivity (Wildman–Crippen MR) is 90.8 cm³/mol. The number of aromatic nitrogens is 2. The van der Waals surface area contributed by atoms with Gasteiger partial charge in [0.25, 0.3) is 5.91 Å². The van der Waals surface area contributed by atoms with Gasteiger partial charge >= 0.3 is 6.03 Å². The van der Waals surface area contributed by atoms with Gasteiger partial charge in [0.15, 0.2) is 0 Å². The van der Waals surface area contributed by atoms with E-state index in [0.29, 0.717) is 23.8 Å². The van der Waals surface area contributed by atoms with Gasteiger partial charge in [0.1, 0.15) is 0 Å². The Kier molecular flexibility index (Phi) is 5.10. The Labute approximate surface area is 140 Å². The minimum Gasteiger partial charge on any atom is -0.349 e. The molecule has 24 heavy (non-hydrogen) atoms. The first-order valence-electron chi connectivity index (χ1n) is 8.12. The van der Waals surface area contributed by atoms with Gasteiger partial charge in [0.2, 0.25) is 0 Å². The largest absolute Gasteiger partial charge is 0.349 e. The average molecular weight is 327 g/mol. The zero-order chi connectivity index (χ0) is 16.8. The van der Waals surface area contributed by atoms with Crippen molar-refractivity contribution in [1.29, 1.82) is 0 Å². The average Bonchev–Trinajstić information content (AvgIpc) is 3.24. The van der Waals surface area contributed by atoms with E-state index in [1.807, 2.05) is 10.8 Å². The van der Waals surface area contributed by atoms with Gasteiger partial charge in [-0.05, 0) is 43.5 Å². The van der Waals surface area contributed by atoms with Crippen LogP contribution in [0.3, 0.4) is 0 Å². The molecular formula is C17H21N5O2. The number of hydrogen-bond donors (Lipinski definition) is 3. The van der Waals surface area contributed by atoms with E-state index < -0.39 is 0 Å². The highest BCUT2D eigenvalue weighted by Crippen LogP contribution is 2.19. The van der Waals surface area contributed by atoms with Crippen molar-refractivity contribution in [2.24, 2.45) is 0 Å². The summed E-state index contributed by atoms with van der Waals surface area (Å²) in [5, 5.41) is 8.49. The molecule has 0 spiro atoms. The lowest BCUT2D eigenvalue weighted by Gasteiger charge is -2.09. The summed E-state index contributed by atoms with van der Waals surface area (Å²) >= 11 is 0.